The van der Waals surface area contributed by atoms with E-state index in [1.165, 1.54) is 6.42 Å². The first kappa shape index (κ1) is 14.4. The van der Waals surface area contributed by atoms with Crippen molar-refractivity contribution in [1.29, 1.82) is 0 Å². The molecule has 0 bridgehead atoms. The minimum atomic E-state index is -0.189. The fourth-order valence-corrected chi connectivity index (χ4v) is 3.03. The smallest absolute Gasteiger partial charge is 0.226 e. The molecule has 0 radical (unpaired) electrons. The fraction of sp³-hybridized carbons (Fsp3) is 0.588. The van der Waals surface area contributed by atoms with Crippen molar-refractivity contribution < 1.29 is 9.53 Å². The average molecular weight is 288 g/mol. The van der Waals surface area contributed by atoms with Crippen molar-refractivity contribution >= 4 is 11.6 Å². The Labute approximate surface area is 126 Å². The van der Waals surface area contributed by atoms with E-state index >= 15 is 0 Å². The van der Waals surface area contributed by atoms with Crippen molar-refractivity contribution in [3.05, 3.63) is 29.8 Å². The summed E-state index contributed by atoms with van der Waals surface area (Å²) in [5.41, 5.74) is 7.43. The number of nitrogens with two attached hydrogens (primary N) is 1. The summed E-state index contributed by atoms with van der Waals surface area (Å²) in [7, 11) is 1.73. The first-order valence-corrected chi connectivity index (χ1v) is 7.81. The molecule has 21 heavy (non-hydrogen) atoms. The quantitative estimate of drug-likeness (QED) is 0.819. The van der Waals surface area contributed by atoms with Gasteiger partial charge in [-0.1, -0.05) is 12.1 Å². The fourth-order valence-electron chi connectivity index (χ4n) is 3.03. The van der Waals surface area contributed by atoms with Gasteiger partial charge in [-0.3, -0.25) is 4.79 Å². The Morgan fingerprint density at radius 1 is 1.33 bits per heavy atom. The van der Waals surface area contributed by atoms with Crippen LogP contribution in [0.3, 0.4) is 0 Å². The minimum absolute atomic E-state index is 0.189. The molecule has 2 aliphatic rings. The molecule has 2 aliphatic carbocycles. The lowest BCUT2D eigenvalue weighted by Gasteiger charge is -2.41. The molecule has 2 fully saturated rings. The van der Waals surface area contributed by atoms with Gasteiger partial charge >= 0.3 is 0 Å². The number of amides is 1. The molecule has 0 unspecified atom stereocenters. The van der Waals surface area contributed by atoms with E-state index in [0.29, 0.717) is 19.0 Å². The Morgan fingerprint density at radius 3 is 2.48 bits per heavy atom. The number of ether oxygens (including phenoxy) is 1. The summed E-state index contributed by atoms with van der Waals surface area (Å²) in [6, 6.07) is 8.23. The van der Waals surface area contributed by atoms with Gasteiger partial charge < -0.3 is 15.4 Å². The first-order chi connectivity index (χ1) is 10.1. The highest BCUT2D eigenvalue weighted by Gasteiger charge is 2.42. The van der Waals surface area contributed by atoms with Gasteiger partial charge in [0.2, 0.25) is 5.91 Å². The van der Waals surface area contributed by atoms with Crippen LogP contribution in [0, 0.1) is 0 Å². The van der Waals surface area contributed by atoms with Gasteiger partial charge in [-0.25, -0.2) is 0 Å². The number of nitrogens with zero attached hydrogens (tertiary/aromatic N) is 1. The Balaban J connectivity index is 1.66. The molecule has 3 rings (SSSR count). The molecule has 0 saturated heterocycles. The van der Waals surface area contributed by atoms with E-state index in [9.17, 15) is 4.79 Å². The SMILES string of the molecule is COC1(CC(=O)N(Cc2ccc(N)cc2)C2CC2)CCC1. The third-order valence-corrected chi connectivity index (χ3v) is 4.81. The van der Waals surface area contributed by atoms with E-state index in [1.807, 2.05) is 29.2 Å². The van der Waals surface area contributed by atoms with Crippen molar-refractivity contribution in [1.82, 2.24) is 4.90 Å². The normalized spacial score (nSPS) is 19.9. The van der Waals surface area contributed by atoms with Crippen LogP contribution in [-0.2, 0) is 16.1 Å². The summed E-state index contributed by atoms with van der Waals surface area (Å²) in [4.78, 5) is 14.7. The van der Waals surface area contributed by atoms with E-state index < -0.39 is 0 Å². The van der Waals surface area contributed by atoms with Gasteiger partial charge in [0.25, 0.3) is 0 Å². The lowest BCUT2D eigenvalue weighted by molar-refractivity contribution is -0.145. The second-order valence-electron chi connectivity index (χ2n) is 6.41. The first-order valence-electron chi connectivity index (χ1n) is 7.81. The van der Waals surface area contributed by atoms with E-state index in [2.05, 4.69) is 0 Å². The zero-order valence-electron chi connectivity index (χ0n) is 12.7. The van der Waals surface area contributed by atoms with Crippen molar-refractivity contribution in [2.75, 3.05) is 12.8 Å². The largest absolute Gasteiger partial charge is 0.399 e. The standard InChI is InChI=1S/C17H24N2O2/c1-21-17(9-2-10-17)11-16(20)19(15-7-8-15)12-13-3-5-14(18)6-4-13/h3-6,15H,2,7-12,18H2,1H3. The maximum atomic E-state index is 12.7. The summed E-state index contributed by atoms with van der Waals surface area (Å²) in [6.07, 6.45) is 5.96. The Kier molecular flexibility index (Phi) is 3.89. The molecule has 1 aromatic carbocycles. The molecule has 4 nitrogen and oxygen atoms in total. The second-order valence-corrected chi connectivity index (χ2v) is 6.41. The Bertz CT molecular complexity index is 499. The molecular formula is C17H24N2O2. The van der Waals surface area contributed by atoms with E-state index in [4.69, 9.17) is 10.5 Å². The van der Waals surface area contributed by atoms with Gasteiger partial charge in [0, 0.05) is 25.4 Å². The van der Waals surface area contributed by atoms with Crippen LogP contribution < -0.4 is 5.73 Å². The summed E-state index contributed by atoms with van der Waals surface area (Å²) < 4.78 is 5.60. The molecule has 0 spiro atoms. The number of anilines is 1. The van der Waals surface area contributed by atoms with Gasteiger partial charge in [0.15, 0.2) is 0 Å². The topological polar surface area (TPSA) is 55.6 Å². The third-order valence-electron chi connectivity index (χ3n) is 4.81. The third kappa shape index (κ3) is 3.21. The van der Waals surface area contributed by atoms with E-state index in [0.717, 1.165) is 36.9 Å². The molecule has 0 atom stereocenters. The van der Waals surface area contributed by atoms with E-state index in [1.54, 1.807) is 7.11 Å². The number of nitrogen functional groups attached to an aromatic ring is 1. The van der Waals surface area contributed by atoms with Crippen LogP contribution in [-0.4, -0.2) is 29.6 Å². The van der Waals surface area contributed by atoms with Gasteiger partial charge in [0.05, 0.1) is 12.0 Å². The number of hydrogen-bond acceptors (Lipinski definition) is 3. The molecule has 1 amide bonds. The van der Waals surface area contributed by atoms with Gasteiger partial charge in [-0.15, -0.1) is 0 Å². The van der Waals surface area contributed by atoms with Crippen LogP contribution in [0.1, 0.15) is 44.1 Å². The second kappa shape index (κ2) is 5.68. The predicted octanol–water partition coefficient (Wildman–Crippen LogP) is 2.72. The Hall–Kier alpha value is -1.55. The zero-order chi connectivity index (χ0) is 14.9. The molecule has 4 heteroatoms. The number of methoxy groups -OCH3 is 1. The van der Waals surface area contributed by atoms with Gasteiger partial charge in [0.1, 0.15) is 0 Å². The lowest BCUT2D eigenvalue weighted by atomic mass is 9.77. The molecule has 0 aliphatic heterocycles. The van der Waals surface area contributed by atoms with E-state index in [-0.39, 0.29) is 11.5 Å². The molecule has 2 N–H and O–H groups in total. The van der Waals surface area contributed by atoms with Crippen LogP contribution in [0.2, 0.25) is 0 Å². The van der Waals surface area contributed by atoms with Crippen LogP contribution in [0.5, 0.6) is 0 Å². The monoisotopic (exact) mass is 288 g/mol. The average Bonchev–Trinajstić information content (AvgIpc) is 3.26. The van der Waals surface area contributed by atoms with Crippen molar-refractivity contribution in [3.8, 4) is 0 Å². The summed E-state index contributed by atoms with van der Waals surface area (Å²) in [5.74, 6) is 0.232. The van der Waals surface area contributed by atoms with Crippen LogP contribution in [0.15, 0.2) is 24.3 Å². The lowest BCUT2D eigenvalue weighted by Crippen LogP contribution is -2.45. The van der Waals surface area contributed by atoms with Gasteiger partial charge in [-0.05, 0) is 49.8 Å². The van der Waals surface area contributed by atoms with Gasteiger partial charge in [-0.2, -0.15) is 0 Å². The number of rotatable bonds is 6. The maximum Gasteiger partial charge on any atom is 0.226 e. The molecule has 0 heterocycles. The van der Waals surface area contributed by atoms with Crippen LogP contribution in [0.4, 0.5) is 5.69 Å². The highest BCUT2D eigenvalue weighted by atomic mass is 16.5. The summed E-state index contributed by atoms with van der Waals surface area (Å²) in [6.45, 7) is 0.684. The summed E-state index contributed by atoms with van der Waals surface area (Å²) in [5, 5.41) is 0. The van der Waals surface area contributed by atoms with Crippen LogP contribution in [0.25, 0.3) is 0 Å². The number of carbonyl (C=O) groups is 1. The van der Waals surface area contributed by atoms with Crippen molar-refractivity contribution in [3.63, 3.8) is 0 Å². The Morgan fingerprint density at radius 2 is 2.00 bits per heavy atom. The molecule has 114 valence electrons. The van der Waals surface area contributed by atoms with Crippen molar-refractivity contribution in [2.24, 2.45) is 0 Å². The number of benzene rings is 1. The molecule has 2 saturated carbocycles. The highest BCUT2D eigenvalue weighted by Crippen LogP contribution is 2.39. The highest BCUT2D eigenvalue weighted by molar-refractivity contribution is 5.78. The summed E-state index contributed by atoms with van der Waals surface area (Å²) >= 11 is 0. The number of carbonyl (C=O) groups excluding carboxylic acids is 1. The maximum absolute atomic E-state index is 12.7. The zero-order valence-corrected chi connectivity index (χ0v) is 12.7. The molecule has 1 aromatic rings. The molecular weight excluding hydrogens is 264 g/mol. The predicted molar refractivity (Wildman–Crippen MR) is 82.6 cm³/mol. The number of hydrogen-bond donors (Lipinski definition) is 1. The molecule has 0 aromatic heterocycles. The van der Waals surface area contributed by atoms with Crippen LogP contribution >= 0.6 is 0 Å². The van der Waals surface area contributed by atoms with Crippen molar-refractivity contribution in [2.45, 2.75) is 56.7 Å². The minimum Gasteiger partial charge on any atom is -0.399 e.